The molecule has 0 spiro atoms. The van der Waals surface area contributed by atoms with Crippen molar-refractivity contribution in [2.45, 2.75) is 6.42 Å². The lowest BCUT2D eigenvalue weighted by molar-refractivity contribution is 0.414. The van der Waals surface area contributed by atoms with E-state index in [2.05, 4.69) is 27.5 Å². The van der Waals surface area contributed by atoms with Crippen molar-refractivity contribution in [3.8, 4) is 5.75 Å². The molecule has 0 fully saturated rings. The summed E-state index contributed by atoms with van der Waals surface area (Å²) in [4.78, 5) is 4.35. The minimum absolute atomic E-state index is 0.811. The van der Waals surface area contributed by atoms with Crippen LogP contribution in [-0.2, 0) is 6.42 Å². The fourth-order valence-corrected chi connectivity index (χ4v) is 2.15. The van der Waals surface area contributed by atoms with E-state index < -0.39 is 0 Å². The number of fused-ring (bicyclic) bond motifs is 1. The lowest BCUT2D eigenvalue weighted by Crippen LogP contribution is -2.07. The summed E-state index contributed by atoms with van der Waals surface area (Å²) in [6.45, 7) is 0.811. The van der Waals surface area contributed by atoms with Gasteiger partial charge in [-0.05, 0) is 30.2 Å². The van der Waals surface area contributed by atoms with Crippen molar-refractivity contribution in [3.05, 3.63) is 54.5 Å². The van der Waals surface area contributed by atoms with Crippen molar-refractivity contribution in [1.29, 1.82) is 0 Å². The van der Waals surface area contributed by atoms with E-state index in [4.69, 9.17) is 4.74 Å². The summed E-state index contributed by atoms with van der Waals surface area (Å²) in [6.07, 6.45) is 6.26. The Hall–Kier alpha value is -2.56. The molecule has 3 aromatic rings. The van der Waals surface area contributed by atoms with Gasteiger partial charge in [0.15, 0.2) is 5.82 Å². The normalized spacial score (nSPS) is 10.7. The monoisotopic (exact) mass is 268 g/mol. The van der Waals surface area contributed by atoms with Crippen LogP contribution in [0.15, 0.2) is 48.9 Å². The zero-order chi connectivity index (χ0) is 13.8. The van der Waals surface area contributed by atoms with E-state index in [1.807, 2.05) is 24.4 Å². The molecule has 0 aliphatic carbocycles. The molecule has 0 aliphatic heterocycles. The van der Waals surface area contributed by atoms with E-state index >= 15 is 0 Å². The molecule has 20 heavy (non-hydrogen) atoms. The highest BCUT2D eigenvalue weighted by atomic mass is 16.5. The number of aromatic nitrogens is 3. The van der Waals surface area contributed by atoms with Crippen LogP contribution >= 0.6 is 0 Å². The molecule has 3 rings (SSSR count). The van der Waals surface area contributed by atoms with Crippen molar-refractivity contribution >= 4 is 11.3 Å². The molecular formula is C15H16N4O. The van der Waals surface area contributed by atoms with Gasteiger partial charge in [-0.1, -0.05) is 12.1 Å². The smallest absolute Gasteiger partial charge is 0.152 e. The summed E-state index contributed by atoms with van der Waals surface area (Å²) in [5, 5.41) is 7.54. The van der Waals surface area contributed by atoms with Crippen LogP contribution < -0.4 is 10.1 Å². The molecule has 0 unspecified atom stereocenters. The predicted octanol–water partition coefficient (Wildman–Crippen LogP) is 2.39. The average molecular weight is 268 g/mol. The highest BCUT2D eigenvalue weighted by molar-refractivity contribution is 5.66. The molecule has 0 atom stereocenters. The molecule has 0 saturated heterocycles. The van der Waals surface area contributed by atoms with Crippen LogP contribution in [0.25, 0.3) is 5.52 Å². The third-order valence-corrected chi connectivity index (χ3v) is 3.16. The van der Waals surface area contributed by atoms with Crippen molar-refractivity contribution in [1.82, 2.24) is 14.6 Å². The summed E-state index contributed by atoms with van der Waals surface area (Å²) in [5.74, 6) is 1.74. The van der Waals surface area contributed by atoms with Gasteiger partial charge in [-0.15, -0.1) is 0 Å². The van der Waals surface area contributed by atoms with Crippen LogP contribution in [0.4, 0.5) is 5.82 Å². The third kappa shape index (κ3) is 2.56. The fourth-order valence-electron chi connectivity index (χ4n) is 2.15. The van der Waals surface area contributed by atoms with Gasteiger partial charge in [0.1, 0.15) is 11.3 Å². The second-order valence-corrected chi connectivity index (χ2v) is 4.47. The minimum atomic E-state index is 0.811. The first-order chi connectivity index (χ1) is 9.86. The standard InChI is InChI=1S/C15H16N4O/c1-20-13-4-2-3-12(11-13)5-7-16-15-14-6-8-18-19(14)10-9-17-15/h2-4,6,8-11H,5,7H2,1H3,(H,16,17). The molecule has 0 radical (unpaired) electrons. The number of rotatable bonds is 5. The Bertz CT molecular complexity index is 708. The molecule has 5 nitrogen and oxygen atoms in total. The zero-order valence-electron chi connectivity index (χ0n) is 11.3. The van der Waals surface area contributed by atoms with Crippen LogP contribution in [0.3, 0.4) is 0 Å². The molecule has 0 bridgehead atoms. The maximum Gasteiger partial charge on any atom is 0.152 e. The number of anilines is 1. The zero-order valence-corrected chi connectivity index (χ0v) is 11.3. The van der Waals surface area contributed by atoms with Gasteiger partial charge in [0.25, 0.3) is 0 Å². The molecule has 0 saturated carbocycles. The lowest BCUT2D eigenvalue weighted by Gasteiger charge is -2.08. The Labute approximate surface area is 117 Å². The Balaban J connectivity index is 1.66. The van der Waals surface area contributed by atoms with Crippen molar-refractivity contribution in [2.24, 2.45) is 0 Å². The number of nitrogens with zero attached hydrogens (tertiary/aromatic N) is 3. The van der Waals surface area contributed by atoms with E-state index in [0.717, 1.165) is 30.0 Å². The highest BCUT2D eigenvalue weighted by Gasteiger charge is 2.02. The molecule has 102 valence electrons. The predicted molar refractivity (Wildman–Crippen MR) is 78.2 cm³/mol. The Kier molecular flexibility index (Phi) is 3.50. The van der Waals surface area contributed by atoms with Gasteiger partial charge in [0.2, 0.25) is 0 Å². The minimum Gasteiger partial charge on any atom is -0.497 e. The van der Waals surface area contributed by atoms with Crippen molar-refractivity contribution in [3.63, 3.8) is 0 Å². The average Bonchev–Trinajstić information content (AvgIpc) is 2.97. The van der Waals surface area contributed by atoms with Crippen molar-refractivity contribution < 1.29 is 4.74 Å². The van der Waals surface area contributed by atoms with Gasteiger partial charge in [-0.25, -0.2) is 9.50 Å². The fraction of sp³-hybridized carbons (Fsp3) is 0.200. The second kappa shape index (κ2) is 5.61. The number of hydrogen-bond donors (Lipinski definition) is 1. The van der Waals surface area contributed by atoms with E-state index in [1.54, 1.807) is 24.0 Å². The molecule has 0 amide bonds. The number of methoxy groups -OCH3 is 1. The van der Waals surface area contributed by atoms with Gasteiger partial charge >= 0.3 is 0 Å². The maximum absolute atomic E-state index is 5.22. The Morgan fingerprint density at radius 3 is 3.10 bits per heavy atom. The number of nitrogens with one attached hydrogen (secondary N) is 1. The largest absolute Gasteiger partial charge is 0.497 e. The van der Waals surface area contributed by atoms with E-state index in [1.165, 1.54) is 5.56 Å². The molecule has 1 N–H and O–H groups in total. The second-order valence-electron chi connectivity index (χ2n) is 4.47. The SMILES string of the molecule is COc1cccc(CCNc2nccn3nccc23)c1. The molecule has 2 heterocycles. The summed E-state index contributed by atoms with van der Waals surface area (Å²) < 4.78 is 7.03. The number of hydrogen-bond acceptors (Lipinski definition) is 4. The summed E-state index contributed by atoms with van der Waals surface area (Å²) in [7, 11) is 1.68. The van der Waals surface area contributed by atoms with Gasteiger partial charge in [-0.2, -0.15) is 5.10 Å². The van der Waals surface area contributed by atoms with Crippen LogP contribution in [0.5, 0.6) is 5.75 Å². The van der Waals surface area contributed by atoms with Gasteiger partial charge in [-0.3, -0.25) is 0 Å². The molecule has 1 aromatic carbocycles. The van der Waals surface area contributed by atoms with Gasteiger partial charge < -0.3 is 10.1 Å². The third-order valence-electron chi connectivity index (χ3n) is 3.16. The van der Waals surface area contributed by atoms with Crippen LogP contribution in [-0.4, -0.2) is 28.3 Å². The number of benzene rings is 1. The maximum atomic E-state index is 5.22. The van der Waals surface area contributed by atoms with Crippen LogP contribution in [0.2, 0.25) is 0 Å². The topological polar surface area (TPSA) is 51.5 Å². The molecule has 0 aliphatic rings. The van der Waals surface area contributed by atoms with Crippen LogP contribution in [0.1, 0.15) is 5.56 Å². The number of ether oxygens (including phenoxy) is 1. The molecule has 2 aromatic heterocycles. The highest BCUT2D eigenvalue weighted by Crippen LogP contribution is 2.15. The first kappa shape index (κ1) is 12.5. The summed E-state index contributed by atoms with van der Waals surface area (Å²) >= 11 is 0. The first-order valence-corrected chi connectivity index (χ1v) is 6.52. The Morgan fingerprint density at radius 1 is 1.25 bits per heavy atom. The van der Waals surface area contributed by atoms with Crippen LogP contribution in [0, 0.1) is 0 Å². The van der Waals surface area contributed by atoms with Crippen molar-refractivity contribution in [2.75, 3.05) is 19.0 Å². The molecule has 5 heteroatoms. The van der Waals surface area contributed by atoms with E-state index in [9.17, 15) is 0 Å². The lowest BCUT2D eigenvalue weighted by atomic mass is 10.1. The van der Waals surface area contributed by atoms with E-state index in [0.29, 0.717) is 0 Å². The van der Waals surface area contributed by atoms with Gasteiger partial charge in [0, 0.05) is 18.9 Å². The van der Waals surface area contributed by atoms with E-state index in [-0.39, 0.29) is 0 Å². The summed E-state index contributed by atoms with van der Waals surface area (Å²) in [6, 6.07) is 10.0. The Morgan fingerprint density at radius 2 is 2.20 bits per heavy atom. The molecular weight excluding hydrogens is 252 g/mol. The quantitative estimate of drug-likeness (QED) is 0.772. The van der Waals surface area contributed by atoms with Gasteiger partial charge in [0.05, 0.1) is 13.3 Å². The first-order valence-electron chi connectivity index (χ1n) is 6.52. The summed E-state index contributed by atoms with van der Waals surface area (Å²) in [5.41, 5.74) is 2.22.